The Labute approximate surface area is 119 Å². The molecule has 1 heterocycles. The molecule has 0 bridgehead atoms. The van der Waals surface area contributed by atoms with Gasteiger partial charge >= 0.3 is 6.03 Å². The van der Waals surface area contributed by atoms with Gasteiger partial charge in [-0.3, -0.25) is 4.79 Å². The summed E-state index contributed by atoms with van der Waals surface area (Å²) in [5.74, 6) is 0.366. The van der Waals surface area contributed by atoms with E-state index in [2.05, 4.69) is 5.32 Å². The Morgan fingerprint density at radius 3 is 2.55 bits per heavy atom. The molecule has 1 atom stereocenters. The average molecular weight is 283 g/mol. The fraction of sp³-hybridized carbons (Fsp3) is 0.857. The zero-order valence-corrected chi connectivity index (χ0v) is 11.9. The lowest BCUT2D eigenvalue weighted by Gasteiger charge is -2.31. The molecule has 2 rings (SSSR count). The van der Waals surface area contributed by atoms with E-state index in [1.54, 1.807) is 4.90 Å². The Kier molecular flexibility index (Phi) is 5.23. The molecule has 1 saturated carbocycles. The molecule has 0 aromatic heterocycles. The molecule has 6 nitrogen and oxygen atoms in total. The summed E-state index contributed by atoms with van der Waals surface area (Å²) in [4.78, 5) is 24.8. The van der Waals surface area contributed by atoms with Crippen molar-refractivity contribution >= 4 is 11.9 Å². The zero-order chi connectivity index (χ0) is 14.5. The van der Waals surface area contributed by atoms with Crippen molar-refractivity contribution in [1.82, 2.24) is 10.2 Å². The monoisotopic (exact) mass is 283 g/mol. The molecular weight excluding hydrogens is 258 g/mol. The fourth-order valence-electron chi connectivity index (χ4n) is 3.13. The minimum Gasteiger partial charge on any atom is -0.393 e. The van der Waals surface area contributed by atoms with Gasteiger partial charge in [-0.05, 0) is 44.4 Å². The van der Waals surface area contributed by atoms with Crippen molar-refractivity contribution in [1.29, 1.82) is 0 Å². The predicted octanol–water partition coefficient (Wildman–Crippen LogP) is 0.444. The maximum atomic E-state index is 12.1. The first-order valence-electron chi connectivity index (χ1n) is 7.56. The van der Waals surface area contributed by atoms with E-state index in [1.165, 1.54) is 0 Å². The van der Waals surface area contributed by atoms with Crippen LogP contribution in [0, 0.1) is 11.8 Å². The van der Waals surface area contributed by atoms with Crippen LogP contribution < -0.4 is 11.1 Å². The van der Waals surface area contributed by atoms with Crippen molar-refractivity contribution in [3.05, 3.63) is 0 Å². The first kappa shape index (κ1) is 15.1. The van der Waals surface area contributed by atoms with Crippen LogP contribution >= 0.6 is 0 Å². The summed E-state index contributed by atoms with van der Waals surface area (Å²) in [7, 11) is 0. The van der Waals surface area contributed by atoms with Crippen LogP contribution in [0.15, 0.2) is 0 Å². The summed E-state index contributed by atoms with van der Waals surface area (Å²) >= 11 is 0. The fourth-order valence-corrected chi connectivity index (χ4v) is 3.13. The van der Waals surface area contributed by atoms with Crippen LogP contribution in [0.2, 0.25) is 0 Å². The lowest BCUT2D eigenvalue weighted by Crippen LogP contribution is -2.48. The third-order valence-corrected chi connectivity index (χ3v) is 4.49. The van der Waals surface area contributed by atoms with Gasteiger partial charge in [-0.1, -0.05) is 0 Å². The van der Waals surface area contributed by atoms with Crippen molar-refractivity contribution in [3.8, 4) is 0 Å². The largest absolute Gasteiger partial charge is 0.393 e. The lowest BCUT2D eigenvalue weighted by molar-refractivity contribution is -0.126. The van der Waals surface area contributed by atoms with Gasteiger partial charge in [0.25, 0.3) is 0 Å². The van der Waals surface area contributed by atoms with E-state index in [9.17, 15) is 14.7 Å². The number of likely N-dealkylation sites (tertiary alicyclic amines) is 1. The van der Waals surface area contributed by atoms with E-state index in [0.717, 1.165) is 38.5 Å². The second-order valence-corrected chi connectivity index (χ2v) is 6.04. The number of hydrogen-bond donors (Lipinski definition) is 3. The average Bonchev–Trinajstić information content (AvgIpc) is 2.46. The molecule has 1 unspecified atom stereocenters. The Morgan fingerprint density at radius 2 is 1.90 bits per heavy atom. The Hall–Kier alpha value is -1.30. The first-order chi connectivity index (χ1) is 9.56. The van der Waals surface area contributed by atoms with Gasteiger partial charge in [-0.15, -0.1) is 0 Å². The number of aliphatic hydroxyl groups is 1. The van der Waals surface area contributed by atoms with Gasteiger partial charge in [0.2, 0.25) is 5.91 Å². The quantitative estimate of drug-likeness (QED) is 0.701. The van der Waals surface area contributed by atoms with Crippen LogP contribution in [-0.4, -0.2) is 47.7 Å². The number of carbonyl (C=O) groups is 2. The number of nitrogens with one attached hydrogen (secondary N) is 1. The summed E-state index contributed by atoms with van der Waals surface area (Å²) in [5, 5.41) is 12.4. The number of nitrogens with zero attached hydrogens (tertiary/aromatic N) is 1. The Bertz CT molecular complexity index is 354. The van der Waals surface area contributed by atoms with Crippen molar-refractivity contribution in [3.63, 3.8) is 0 Å². The molecule has 1 saturated heterocycles. The van der Waals surface area contributed by atoms with Crippen molar-refractivity contribution in [2.45, 2.75) is 44.6 Å². The first-order valence-corrected chi connectivity index (χ1v) is 7.56. The van der Waals surface area contributed by atoms with Crippen LogP contribution in [0.5, 0.6) is 0 Å². The van der Waals surface area contributed by atoms with E-state index < -0.39 is 6.03 Å². The summed E-state index contributed by atoms with van der Waals surface area (Å²) in [5.41, 5.74) is 5.27. The molecule has 1 aliphatic carbocycles. The highest BCUT2D eigenvalue weighted by atomic mass is 16.3. The van der Waals surface area contributed by atoms with Gasteiger partial charge in [-0.2, -0.15) is 0 Å². The Balaban J connectivity index is 1.73. The maximum Gasteiger partial charge on any atom is 0.314 e. The summed E-state index contributed by atoms with van der Waals surface area (Å²) < 4.78 is 0. The molecule has 1 aliphatic heterocycles. The SMILES string of the molecule is NC(=O)N1CCCC(C(=O)NCC2CCC(O)CC2)C1. The highest BCUT2D eigenvalue weighted by Crippen LogP contribution is 2.24. The minimum atomic E-state index is -0.441. The van der Waals surface area contributed by atoms with Gasteiger partial charge in [0, 0.05) is 19.6 Å². The molecule has 2 fully saturated rings. The molecule has 114 valence electrons. The lowest BCUT2D eigenvalue weighted by atomic mass is 9.87. The maximum absolute atomic E-state index is 12.1. The summed E-state index contributed by atoms with van der Waals surface area (Å²) in [6, 6.07) is -0.441. The van der Waals surface area contributed by atoms with Crippen LogP contribution in [0.25, 0.3) is 0 Å². The van der Waals surface area contributed by atoms with Gasteiger partial charge in [0.05, 0.1) is 12.0 Å². The number of carbonyl (C=O) groups excluding carboxylic acids is 2. The number of piperidine rings is 1. The van der Waals surface area contributed by atoms with Crippen LogP contribution in [0.4, 0.5) is 4.79 Å². The second-order valence-electron chi connectivity index (χ2n) is 6.04. The number of nitrogens with two attached hydrogens (primary N) is 1. The van der Waals surface area contributed by atoms with Crippen molar-refractivity contribution in [2.75, 3.05) is 19.6 Å². The van der Waals surface area contributed by atoms with E-state index in [0.29, 0.717) is 25.6 Å². The van der Waals surface area contributed by atoms with Gasteiger partial charge in [-0.25, -0.2) is 4.79 Å². The molecule has 0 spiro atoms. The van der Waals surface area contributed by atoms with Crippen LogP contribution in [0.3, 0.4) is 0 Å². The highest BCUT2D eigenvalue weighted by Gasteiger charge is 2.28. The zero-order valence-electron chi connectivity index (χ0n) is 11.9. The molecular formula is C14H25N3O3. The predicted molar refractivity (Wildman–Crippen MR) is 74.9 cm³/mol. The third kappa shape index (κ3) is 4.10. The topological polar surface area (TPSA) is 95.7 Å². The van der Waals surface area contributed by atoms with Crippen molar-refractivity contribution in [2.24, 2.45) is 17.6 Å². The normalized spacial score (nSPS) is 30.9. The molecule has 20 heavy (non-hydrogen) atoms. The number of rotatable bonds is 3. The molecule has 6 heteroatoms. The second kappa shape index (κ2) is 6.92. The number of amides is 3. The standard InChI is InChI=1S/C14H25N3O3/c15-14(20)17-7-1-2-11(9-17)13(19)16-8-10-3-5-12(18)6-4-10/h10-12,18H,1-9H2,(H2,15,20)(H,16,19). The molecule has 2 aliphatic rings. The number of primary amides is 1. The molecule has 3 amide bonds. The third-order valence-electron chi connectivity index (χ3n) is 4.49. The molecule has 0 aromatic carbocycles. The Morgan fingerprint density at radius 1 is 1.20 bits per heavy atom. The van der Waals surface area contributed by atoms with Gasteiger partial charge in [0.15, 0.2) is 0 Å². The van der Waals surface area contributed by atoms with E-state index in [4.69, 9.17) is 5.73 Å². The van der Waals surface area contributed by atoms with Gasteiger partial charge < -0.3 is 21.1 Å². The number of urea groups is 1. The minimum absolute atomic E-state index is 0.0297. The molecule has 4 N–H and O–H groups in total. The van der Waals surface area contributed by atoms with Crippen LogP contribution in [0.1, 0.15) is 38.5 Å². The number of aliphatic hydroxyl groups excluding tert-OH is 1. The number of hydrogen-bond acceptors (Lipinski definition) is 3. The van der Waals surface area contributed by atoms with Crippen LogP contribution in [-0.2, 0) is 4.79 Å². The molecule has 0 aromatic rings. The van der Waals surface area contributed by atoms with E-state index in [-0.39, 0.29) is 17.9 Å². The van der Waals surface area contributed by atoms with Crippen molar-refractivity contribution < 1.29 is 14.7 Å². The van der Waals surface area contributed by atoms with Gasteiger partial charge in [0.1, 0.15) is 0 Å². The summed E-state index contributed by atoms with van der Waals surface area (Å²) in [6.07, 6.45) is 5.09. The summed E-state index contributed by atoms with van der Waals surface area (Å²) in [6.45, 7) is 1.77. The van der Waals surface area contributed by atoms with E-state index >= 15 is 0 Å². The highest BCUT2D eigenvalue weighted by molar-refractivity contribution is 5.80. The smallest absolute Gasteiger partial charge is 0.314 e. The van der Waals surface area contributed by atoms with E-state index in [1.807, 2.05) is 0 Å². The molecule has 0 radical (unpaired) electrons.